The monoisotopic (exact) mass is 275 g/mol. The van der Waals surface area contributed by atoms with Crippen LogP contribution in [-0.2, 0) is 18.1 Å². The van der Waals surface area contributed by atoms with Crippen LogP contribution < -0.4 is 5.32 Å². The SMILES string of the molecule is C[NH2+]COP(=O)(OCCO)OCCO.[CH2-]CO. The maximum absolute atomic E-state index is 11.6. The van der Waals surface area contributed by atoms with Gasteiger partial charge in [-0.1, -0.05) is 6.61 Å². The summed E-state index contributed by atoms with van der Waals surface area (Å²) >= 11 is 0. The molecule has 0 saturated heterocycles. The third kappa shape index (κ3) is 13.9. The van der Waals surface area contributed by atoms with Gasteiger partial charge in [0.1, 0.15) is 0 Å². The van der Waals surface area contributed by atoms with E-state index in [0.29, 0.717) is 0 Å². The number of aliphatic hydroxyl groups excluding tert-OH is 3. The molecule has 0 amide bonds. The highest BCUT2D eigenvalue weighted by atomic mass is 31.2. The van der Waals surface area contributed by atoms with Gasteiger partial charge in [0.15, 0.2) is 6.73 Å². The van der Waals surface area contributed by atoms with Crippen LogP contribution in [0.1, 0.15) is 0 Å². The number of aliphatic hydroxyl groups is 3. The fraction of sp³-hybridized carbons (Fsp3) is 0.875. The van der Waals surface area contributed by atoms with Crippen molar-refractivity contribution in [3.05, 3.63) is 6.92 Å². The van der Waals surface area contributed by atoms with Crippen molar-refractivity contribution in [2.45, 2.75) is 0 Å². The molecule has 0 aliphatic rings. The second kappa shape index (κ2) is 14.0. The number of rotatable bonds is 9. The average Bonchev–Trinajstić information content (AvgIpc) is 2.33. The molecule has 0 rings (SSSR count). The van der Waals surface area contributed by atoms with Crippen molar-refractivity contribution in [3.8, 4) is 0 Å². The van der Waals surface area contributed by atoms with Gasteiger partial charge in [-0.2, -0.15) is 0 Å². The third-order valence-electron chi connectivity index (χ3n) is 1.08. The van der Waals surface area contributed by atoms with Crippen LogP contribution in [0.2, 0.25) is 0 Å². The van der Waals surface area contributed by atoms with Crippen LogP contribution in [0.5, 0.6) is 0 Å². The number of nitrogens with two attached hydrogens (primary N) is 1. The molecule has 17 heavy (non-hydrogen) atoms. The Hall–Kier alpha value is -0.0500. The first-order valence-electron chi connectivity index (χ1n) is 5.03. The standard InChI is InChI=1S/C6H16NO6P.C2H5O/c1-7-6-13-14(10,11-4-2-8)12-5-3-9;1-2-3/h7-9H,2-6H2,1H3;3H,1-2H2/q;-1/p+1. The largest absolute Gasteiger partial charge is 0.479 e. The van der Waals surface area contributed by atoms with Gasteiger partial charge in [0.25, 0.3) is 0 Å². The highest BCUT2D eigenvalue weighted by molar-refractivity contribution is 7.48. The number of quaternary nitrogens is 1. The summed E-state index contributed by atoms with van der Waals surface area (Å²) in [7, 11) is -1.90. The van der Waals surface area contributed by atoms with Gasteiger partial charge in [0, 0.05) is 0 Å². The minimum atomic E-state index is -3.62. The number of phosphoric acid groups is 1. The summed E-state index contributed by atoms with van der Waals surface area (Å²) in [4.78, 5) is 0. The summed E-state index contributed by atoms with van der Waals surface area (Å²) < 4.78 is 25.8. The van der Waals surface area contributed by atoms with Crippen LogP contribution in [0.25, 0.3) is 0 Å². The van der Waals surface area contributed by atoms with Gasteiger partial charge in [-0.15, -0.1) is 0 Å². The van der Waals surface area contributed by atoms with E-state index >= 15 is 0 Å². The summed E-state index contributed by atoms with van der Waals surface area (Å²) in [5.74, 6) is 0. The molecular weight excluding hydrogens is 253 g/mol. The topological polar surface area (TPSA) is 122 Å². The van der Waals surface area contributed by atoms with Gasteiger partial charge in [-0.3, -0.25) is 9.05 Å². The Bertz CT molecular complexity index is 164. The Kier molecular flexibility index (Phi) is 15.9. The highest BCUT2D eigenvalue weighted by Gasteiger charge is 2.26. The first kappa shape index (κ1) is 19.3. The average molecular weight is 275 g/mol. The van der Waals surface area contributed by atoms with E-state index in [1.165, 1.54) is 0 Å². The Balaban J connectivity index is 0. The number of hydrogen-bond donors (Lipinski definition) is 4. The first-order valence-corrected chi connectivity index (χ1v) is 6.49. The van der Waals surface area contributed by atoms with E-state index in [4.69, 9.17) is 28.9 Å². The molecule has 5 N–H and O–H groups in total. The smallest absolute Gasteiger partial charge is 0.428 e. The molecule has 0 aromatic heterocycles. The van der Waals surface area contributed by atoms with E-state index in [2.05, 4.69) is 6.92 Å². The molecule has 8 nitrogen and oxygen atoms in total. The summed E-state index contributed by atoms with van der Waals surface area (Å²) in [5, 5.41) is 26.0. The van der Waals surface area contributed by atoms with E-state index < -0.39 is 7.82 Å². The van der Waals surface area contributed by atoms with Crippen molar-refractivity contribution in [2.24, 2.45) is 0 Å². The predicted molar refractivity (Wildman–Crippen MR) is 59.9 cm³/mol. The molecule has 106 valence electrons. The Morgan fingerprint density at radius 3 is 1.82 bits per heavy atom. The maximum atomic E-state index is 11.6. The van der Waals surface area contributed by atoms with Crippen LogP contribution in [0.3, 0.4) is 0 Å². The summed E-state index contributed by atoms with van der Waals surface area (Å²) in [6, 6.07) is 0. The van der Waals surface area contributed by atoms with Crippen LogP contribution >= 0.6 is 7.82 Å². The van der Waals surface area contributed by atoms with Crippen LogP contribution in [0.15, 0.2) is 0 Å². The highest BCUT2D eigenvalue weighted by Crippen LogP contribution is 2.48. The van der Waals surface area contributed by atoms with E-state index in [-0.39, 0.29) is 39.8 Å². The normalized spacial score (nSPS) is 10.9. The van der Waals surface area contributed by atoms with Gasteiger partial charge in [-0.25, -0.2) is 9.09 Å². The second-order valence-electron chi connectivity index (χ2n) is 2.49. The van der Waals surface area contributed by atoms with Gasteiger partial charge in [-0.05, 0) is 0 Å². The maximum Gasteiger partial charge on any atom is 0.479 e. The minimum absolute atomic E-state index is 0. The lowest BCUT2D eigenvalue weighted by atomic mass is 10.8. The number of hydrogen-bond acceptors (Lipinski definition) is 7. The van der Waals surface area contributed by atoms with Gasteiger partial charge < -0.3 is 27.6 Å². The molecule has 0 atom stereocenters. The zero-order valence-corrected chi connectivity index (χ0v) is 10.8. The minimum Gasteiger partial charge on any atom is -0.428 e. The van der Waals surface area contributed by atoms with Gasteiger partial charge in [0.05, 0.1) is 33.5 Å². The molecule has 9 heteroatoms. The summed E-state index contributed by atoms with van der Waals surface area (Å²) in [6.07, 6.45) is 0. The van der Waals surface area contributed by atoms with E-state index in [0.717, 1.165) is 0 Å². The Morgan fingerprint density at radius 1 is 1.12 bits per heavy atom. The third-order valence-corrected chi connectivity index (χ3v) is 2.54. The summed E-state index contributed by atoms with van der Waals surface area (Å²) in [5.41, 5.74) is 0. The van der Waals surface area contributed by atoms with Crippen molar-refractivity contribution in [2.75, 3.05) is 46.8 Å². The fourth-order valence-electron chi connectivity index (χ4n) is 0.583. The summed E-state index contributed by atoms with van der Waals surface area (Å²) in [6.45, 7) is 2.35. The zero-order valence-electron chi connectivity index (χ0n) is 9.95. The molecule has 0 unspecified atom stereocenters. The van der Waals surface area contributed by atoms with E-state index in [1.54, 1.807) is 12.4 Å². The molecule has 0 aromatic carbocycles. The quantitative estimate of drug-likeness (QED) is 0.220. The Morgan fingerprint density at radius 2 is 1.53 bits per heavy atom. The molecule has 0 aliphatic carbocycles. The second-order valence-corrected chi connectivity index (χ2v) is 4.16. The van der Waals surface area contributed by atoms with E-state index in [1.807, 2.05) is 0 Å². The fourth-order valence-corrected chi connectivity index (χ4v) is 1.75. The van der Waals surface area contributed by atoms with Crippen molar-refractivity contribution in [3.63, 3.8) is 0 Å². The van der Waals surface area contributed by atoms with Crippen LogP contribution in [-0.4, -0.2) is 62.1 Å². The van der Waals surface area contributed by atoms with Crippen molar-refractivity contribution < 1.29 is 38.8 Å². The molecule has 0 aliphatic heterocycles. The molecule has 0 fully saturated rings. The molecular formula is C8H22NO7P. The molecule has 0 radical (unpaired) electrons. The Labute approximate surface area is 101 Å². The van der Waals surface area contributed by atoms with Crippen molar-refractivity contribution in [1.82, 2.24) is 0 Å². The molecule has 0 aromatic rings. The van der Waals surface area contributed by atoms with Gasteiger partial charge in [0.2, 0.25) is 0 Å². The van der Waals surface area contributed by atoms with Crippen LogP contribution in [0, 0.1) is 6.92 Å². The number of phosphoric ester groups is 1. The lowest BCUT2D eigenvalue weighted by Crippen LogP contribution is -2.80. The lowest BCUT2D eigenvalue weighted by Gasteiger charge is -2.15. The molecule has 0 bridgehead atoms. The molecule has 0 saturated carbocycles. The van der Waals surface area contributed by atoms with Crippen molar-refractivity contribution in [1.29, 1.82) is 0 Å². The molecule has 0 heterocycles. The van der Waals surface area contributed by atoms with Crippen molar-refractivity contribution >= 4 is 7.82 Å². The van der Waals surface area contributed by atoms with Crippen LogP contribution in [0.4, 0.5) is 0 Å². The van der Waals surface area contributed by atoms with E-state index in [9.17, 15) is 4.57 Å². The first-order chi connectivity index (χ1) is 8.10. The predicted octanol–water partition coefficient (Wildman–Crippen LogP) is -1.91. The lowest BCUT2D eigenvalue weighted by molar-refractivity contribution is -0.654. The molecule has 0 spiro atoms. The zero-order chi connectivity index (χ0) is 13.6. The van der Waals surface area contributed by atoms with Gasteiger partial charge >= 0.3 is 7.82 Å².